The Morgan fingerprint density at radius 3 is 2.57 bits per heavy atom. The summed E-state index contributed by atoms with van der Waals surface area (Å²) in [5, 5.41) is 2.43. The largest absolute Gasteiger partial charge is 0.478 e. The number of amides is 2. The average molecular weight is 335 g/mol. The van der Waals surface area contributed by atoms with Crippen LogP contribution in [0.3, 0.4) is 0 Å². The molecule has 8 heteroatoms. The molecular weight excluding hydrogens is 318 g/mol. The Balaban J connectivity index is 2.06. The van der Waals surface area contributed by atoms with Gasteiger partial charge in [-0.25, -0.2) is 22.9 Å². The Morgan fingerprint density at radius 1 is 1.22 bits per heavy atom. The number of rotatable bonds is 5. The van der Waals surface area contributed by atoms with Gasteiger partial charge in [-0.3, -0.25) is 0 Å². The Hall–Kier alpha value is -2.61. The first-order valence-electron chi connectivity index (χ1n) is 6.90. The molecule has 0 atom stereocenters. The molecule has 0 aliphatic carbocycles. The second kappa shape index (κ2) is 7.10. The Kier molecular flexibility index (Phi) is 5.17. The van der Waals surface area contributed by atoms with E-state index in [1.165, 1.54) is 30.5 Å². The van der Waals surface area contributed by atoms with E-state index in [1.54, 1.807) is 12.1 Å². The van der Waals surface area contributed by atoms with Gasteiger partial charge in [0.15, 0.2) is 0 Å². The van der Waals surface area contributed by atoms with Gasteiger partial charge in [-0.05, 0) is 32.0 Å². The molecule has 0 fully saturated rings. The lowest BCUT2D eigenvalue weighted by molar-refractivity contribution is 0.256. The zero-order chi connectivity index (χ0) is 16.9. The van der Waals surface area contributed by atoms with Crippen LogP contribution in [-0.2, 0) is 10.0 Å². The number of nitrogens with one attached hydrogen (secondary N) is 2. The summed E-state index contributed by atoms with van der Waals surface area (Å²) in [4.78, 5) is 15.8. The summed E-state index contributed by atoms with van der Waals surface area (Å²) in [6, 6.07) is 8.35. The highest BCUT2D eigenvalue weighted by molar-refractivity contribution is 7.90. The summed E-state index contributed by atoms with van der Waals surface area (Å²) in [5.41, 5.74) is 1.30. The molecule has 2 rings (SSSR count). The number of aromatic nitrogens is 1. The summed E-state index contributed by atoms with van der Waals surface area (Å²) < 4.78 is 31.4. The molecular formula is C15H17N3O4S. The fourth-order valence-corrected chi connectivity index (χ4v) is 2.68. The van der Waals surface area contributed by atoms with Crippen LogP contribution < -0.4 is 14.8 Å². The first-order valence-corrected chi connectivity index (χ1v) is 8.38. The van der Waals surface area contributed by atoms with Gasteiger partial charge in [0.25, 0.3) is 10.0 Å². The number of benzene rings is 1. The van der Waals surface area contributed by atoms with Crippen LogP contribution in [0.1, 0.15) is 12.5 Å². The molecule has 0 spiro atoms. The number of ether oxygens (including phenoxy) is 1. The lowest BCUT2D eigenvalue weighted by Gasteiger charge is -2.09. The van der Waals surface area contributed by atoms with E-state index in [0.717, 1.165) is 5.56 Å². The number of nitrogens with zero attached hydrogens (tertiary/aromatic N) is 1. The zero-order valence-corrected chi connectivity index (χ0v) is 13.6. The van der Waals surface area contributed by atoms with E-state index in [-0.39, 0.29) is 4.90 Å². The SMILES string of the molecule is CCOc1cc(NC(=O)NS(=O)(=O)c2ccc(C)cc2)ccn1. The second-order valence-electron chi connectivity index (χ2n) is 4.69. The number of urea groups is 1. The topological polar surface area (TPSA) is 97.4 Å². The maximum Gasteiger partial charge on any atom is 0.333 e. The number of aryl methyl sites for hydroxylation is 1. The van der Waals surface area contributed by atoms with E-state index in [0.29, 0.717) is 18.2 Å². The summed E-state index contributed by atoms with van der Waals surface area (Å²) in [6.07, 6.45) is 1.45. The number of hydrogen-bond acceptors (Lipinski definition) is 5. The van der Waals surface area contributed by atoms with Gasteiger partial charge in [-0.15, -0.1) is 0 Å². The van der Waals surface area contributed by atoms with Gasteiger partial charge in [-0.1, -0.05) is 17.7 Å². The smallest absolute Gasteiger partial charge is 0.333 e. The van der Waals surface area contributed by atoms with Crippen LogP contribution in [-0.4, -0.2) is 26.0 Å². The van der Waals surface area contributed by atoms with Crippen molar-refractivity contribution in [1.82, 2.24) is 9.71 Å². The molecule has 0 saturated heterocycles. The second-order valence-corrected chi connectivity index (χ2v) is 6.37. The van der Waals surface area contributed by atoms with Crippen LogP contribution in [0.2, 0.25) is 0 Å². The van der Waals surface area contributed by atoms with Gasteiger partial charge in [0, 0.05) is 18.0 Å². The summed E-state index contributed by atoms with van der Waals surface area (Å²) >= 11 is 0. The Morgan fingerprint density at radius 2 is 1.91 bits per heavy atom. The predicted octanol–water partition coefficient (Wildman–Crippen LogP) is 2.30. The molecule has 2 N–H and O–H groups in total. The van der Waals surface area contributed by atoms with Crippen molar-refractivity contribution in [1.29, 1.82) is 0 Å². The van der Waals surface area contributed by atoms with Crippen LogP contribution >= 0.6 is 0 Å². The summed E-state index contributed by atoms with van der Waals surface area (Å²) in [7, 11) is -3.93. The van der Waals surface area contributed by atoms with Gasteiger partial charge >= 0.3 is 6.03 Å². The molecule has 7 nitrogen and oxygen atoms in total. The van der Waals surface area contributed by atoms with Crippen molar-refractivity contribution in [2.75, 3.05) is 11.9 Å². The van der Waals surface area contributed by atoms with Gasteiger partial charge < -0.3 is 10.1 Å². The van der Waals surface area contributed by atoms with Crippen molar-refractivity contribution in [2.45, 2.75) is 18.7 Å². The van der Waals surface area contributed by atoms with Gasteiger partial charge in [0.05, 0.1) is 11.5 Å². The van der Waals surface area contributed by atoms with E-state index in [9.17, 15) is 13.2 Å². The highest BCUT2D eigenvalue weighted by atomic mass is 32.2. The van der Waals surface area contributed by atoms with Crippen molar-refractivity contribution in [3.8, 4) is 5.88 Å². The van der Waals surface area contributed by atoms with Gasteiger partial charge in [-0.2, -0.15) is 0 Å². The molecule has 0 saturated carbocycles. The third-order valence-electron chi connectivity index (χ3n) is 2.84. The van der Waals surface area contributed by atoms with Crippen LogP contribution in [0.5, 0.6) is 5.88 Å². The maximum absolute atomic E-state index is 12.1. The van der Waals surface area contributed by atoms with E-state index in [4.69, 9.17) is 4.74 Å². The van der Waals surface area contributed by atoms with Gasteiger partial charge in [0.1, 0.15) is 0 Å². The fourth-order valence-electron chi connectivity index (χ4n) is 1.77. The molecule has 0 aliphatic rings. The Labute approximate surface area is 134 Å². The summed E-state index contributed by atoms with van der Waals surface area (Å²) in [6.45, 7) is 4.09. The monoisotopic (exact) mass is 335 g/mol. The lowest BCUT2D eigenvalue weighted by atomic mass is 10.2. The Bertz CT molecular complexity index is 789. The van der Waals surface area contributed by atoms with Crippen LogP contribution in [0, 0.1) is 6.92 Å². The van der Waals surface area contributed by atoms with Crippen LogP contribution in [0.25, 0.3) is 0 Å². The van der Waals surface area contributed by atoms with Crippen molar-refractivity contribution in [3.63, 3.8) is 0 Å². The molecule has 1 aromatic heterocycles. The van der Waals surface area contributed by atoms with Crippen molar-refractivity contribution in [2.24, 2.45) is 0 Å². The summed E-state index contributed by atoms with van der Waals surface area (Å²) in [5.74, 6) is 0.340. The molecule has 122 valence electrons. The number of anilines is 1. The van der Waals surface area contributed by atoms with Crippen molar-refractivity contribution < 1.29 is 17.9 Å². The minimum absolute atomic E-state index is 0.0167. The first kappa shape index (κ1) is 16.8. The predicted molar refractivity (Wildman–Crippen MR) is 85.9 cm³/mol. The number of pyridine rings is 1. The molecule has 0 radical (unpaired) electrons. The fraction of sp³-hybridized carbons (Fsp3) is 0.200. The molecule has 0 aliphatic heterocycles. The third kappa shape index (κ3) is 4.68. The minimum atomic E-state index is -3.93. The van der Waals surface area contributed by atoms with E-state index < -0.39 is 16.1 Å². The van der Waals surface area contributed by atoms with Crippen LogP contribution in [0.15, 0.2) is 47.5 Å². The average Bonchev–Trinajstić information content (AvgIpc) is 2.47. The van der Waals surface area contributed by atoms with E-state index >= 15 is 0 Å². The zero-order valence-electron chi connectivity index (χ0n) is 12.7. The number of carbonyl (C=O) groups excluding carboxylic acids is 1. The molecule has 23 heavy (non-hydrogen) atoms. The highest BCUT2D eigenvalue weighted by Crippen LogP contribution is 2.14. The minimum Gasteiger partial charge on any atom is -0.478 e. The standard InChI is InChI=1S/C15H17N3O4S/c1-3-22-14-10-12(8-9-16-14)17-15(19)18-23(20,21)13-6-4-11(2)5-7-13/h4-10H,3H2,1-2H3,(H2,16,17,18,19). The number of hydrogen-bond donors (Lipinski definition) is 2. The molecule has 2 aromatic rings. The molecule has 0 unspecified atom stereocenters. The lowest BCUT2D eigenvalue weighted by Crippen LogP contribution is -2.34. The van der Waals surface area contributed by atoms with Crippen molar-refractivity contribution >= 4 is 21.7 Å². The molecule has 2 amide bonds. The van der Waals surface area contributed by atoms with Crippen LogP contribution in [0.4, 0.5) is 10.5 Å². The molecule has 1 heterocycles. The molecule has 1 aromatic carbocycles. The maximum atomic E-state index is 12.1. The first-order chi connectivity index (χ1) is 10.9. The molecule has 0 bridgehead atoms. The normalized spacial score (nSPS) is 10.9. The number of carbonyl (C=O) groups is 1. The van der Waals surface area contributed by atoms with Gasteiger partial charge in [0.2, 0.25) is 5.88 Å². The quantitative estimate of drug-likeness (QED) is 0.874. The number of sulfonamides is 1. The highest BCUT2D eigenvalue weighted by Gasteiger charge is 2.17. The van der Waals surface area contributed by atoms with E-state index in [1.807, 2.05) is 18.6 Å². The van der Waals surface area contributed by atoms with Crippen molar-refractivity contribution in [3.05, 3.63) is 48.2 Å². The third-order valence-corrected chi connectivity index (χ3v) is 4.19. The van der Waals surface area contributed by atoms with E-state index in [2.05, 4.69) is 10.3 Å².